The second-order valence-electron chi connectivity index (χ2n) is 9.11. The molecule has 7 nitrogen and oxygen atoms in total. The number of hydrogen-bond acceptors (Lipinski definition) is 6. The Hall–Kier alpha value is -2.93. The zero-order chi connectivity index (χ0) is 22.3. The molecule has 1 amide bonds. The molecule has 1 fully saturated rings. The third kappa shape index (κ3) is 3.54. The molecular weight excluding hydrogens is 404 g/mol. The largest absolute Gasteiger partial charge is 0.378 e. The number of ether oxygens (including phenoxy) is 1. The molecule has 5 rings (SSSR count). The van der Waals surface area contributed by atoms with Gasteiger partial charge in [-0.3, -0.25) is 14.6 Å². The molecule has 1 aliphatic carbocycles. The molecule has 0 saturated carbocycles. The molecule has 0 bridgehead atoms. The Morgan fingerprint density at radius 2 is 1.91 bits per heavy atom. The summed E-state index contributed by atoms with van der Waals surface area (Å²) in [4.78, 5) is 35.3. The highest BCUT2D eigenvalue weighted by molar-refractivity contribution is 6.28. The lowest BCUT2D eigenvalue weighted by Crippen LogP contribution is -2.56. The van der Waals surface area contributed by atoms with Crippen molar-refractivity contribution in [3.05, 3.63) is 58.8 Å². The van der Waals surface area contributed by atoms with Crippen LogP contribution in [-0.4, -0.2) is 78.3 Å². The monoisotopic (exact) mass is 434 g/mol. The van der Waals surface area contributed by atoms with Crippen molar-refractivity contribution in [2.45, 2.75) is 38.3 Å². The molecule has 1 atom stereocenters. The van der Waals surface area contributed by atoms with Crippen LogP contribution in [0.3, 0.4) is 0 Å². The Labute approximate surface area is 188 Å². The Kier molecular flexibility index (Phi) is 5.37. The van der Waals surface area contributed by atoms with Crippen molar-refractivity contribution >= 4 is 17.5 Å². The van der Waals surface area contributed by atoms with Gasteiger partial charge >= 0.3 is 0 Å². The number of dihydropyridines is 1. The lowest BCUT2D eigenvalue weighted by Gasteiger charge is -2.46. The topological polar surface area (TPSA) is 74.2 Å². The standard InChI is InChI=1S/C25H30N4O3/c1-3-29-15-20(24(31)28-8-10-32-11-9-28)23(30)21-14-22(26-16-25(21,29)2)27-19-12-17-6-4-5-7-18(17)13-19/h4-7,14-15,19H,3,8-13,16H2,1-2H3,(H,26,27). The van der Waals surface area contributed by atoms with Gasteiger partial charge in [-0.15, -0.1) is 0 Å². The van der Waals surface area contributed by atoms with Crippen LogP contribution in [0.25, 0.3) is 0 Å². The van der Waals surface area contributed by atoms with Crippen LogP contribution >= 0.6 is 0 Å². The predicted molar refractivity (Wildman–Crippen MR) is 122 cm³/mol. The van der Waals surface area contributed by atoms with Gasteiger partial charge in [-0.25, -0.2) is 0 Å². The van der Waals surface area contributed by atoms with Gasteiger partial charge in [-0.2, -0.15) is 0 Å². The molecule has 3 heterocycles. The van der Waals surface area contributed by atoms with E-state index in [9.17, 15) is 9.59 Å². The average Bonchev–Trinajstić information content (AvgIpc) is 3.22. The molecule has 0 spiro atoms. The summed E-state index contributed by atoms with van der Waals surface area (Å²) in [6.07, 6.45) is 5.52. The van der Waals surface area contributed by atoms with E-state index in [1.807, 2.05) is 19.9 Å². The van der Waals surface area contributed by atoms with Crippen LogP contribution in [0.1, 0.15) is 25.0 Å². The molecule has 168 valence electrons. The number of amides is 1. The Balaban J connectivity index is 1.39. The van der Waals surface area contributed by atoms with Crippen molar-refractivity contribution in [3.63, 3.8) is 0 Å². The van der Waals surface area contributed by atoms with Crippen LogP contribution in [0.15, 0.2) is 52.7 Å². The molecule has 1 N–H and O–H groups in total. The first-order valence-electron chi connectivity index (χ1n) is 11.5. The Morgan fingerprint density at radius 3 is 2.56 bits per heavy atom. The van der Waals surface area contributed by atoms with E-state index in [1.165, 1.54) is 11.1 Å². The van der Waals surface area contributed by atoms with E-state index in [1.54, 1.807) is 11.1 Å². The molecule has 1 unspecified atom stereocenters. The predicted octanol–water partition coefficient (Wildman–Crippen LogP) is 1.49. The first-order valence-corrected chi connectivity index (χ1v) is 11.5. The number of likely N-dealkylation sites (N-methyl/N-ethyl adjacent to an activating group) is 1. The van der Waals surface area contributed by atoms with Gasteiger partial charge in [0.05, 0.1) is 25.3 Å². The zero-order valence-corrected chi connectivity index (χ0v) is 18.8. The van der Waals surface area contributed by atoms with Crippen LogP contribution in [0.5, 0.6) is 0 Å². The molecule has 4 aliphatic rings. The summed E-state index contributed by atoms with van der Waals surface area (Å²) in [5.41, 5.74) is 3.08. The minimum atomic E-state index is -0.537. The smallest absolute Gasteiger partial charge is 0.259 e. The number of amidine groups is 1. The molecule has 7 heteroatoms. The van der Waals surface area contributed by atoms with Gasteiger partial charge in [0.2, 0.25) is 0 Å². The summed E-state index contributed by atoms with van der Waals surface area (Å²) in [6.45, 7) is 7.31. The molecule has 0 aromatic heterocycles. The molecule has 32 heavy (non-hydrogen) atoms. The molecule has 0 radical (unpaired) electrons. The van der Waals surface area contributed by atoms with E-state index in [4.69, 9.17) is 9.73 Å². The summed E-state index contributed by atoms with van der Waals surface area (Å²) >= 11 is 0. The Morgan fingerprint density at radius 1 is 1.22 bits per heavy atom. The van der Waals surface area contributed by atoms with Crippen LogP contribution in [0, 0.1) is 0 Å². The van der Waals surface area contributed by atoms with E-state index < -0.39 is 5.54 Å². The van der Waals surface area contributed by atoms with Crippen LogP contribution in [-0.2, 0) is 27.2 Å². The number of carbonyl (C=O) groups is 2. The normalized spacial score (nSPS) is 25.6. The molecule has 1 saturated heterocycles. The average molecular weight is 435 g/mol. The highest BCUT2D eigenvalue weighted by atomic mass is 16.5. The first-order chi connectivity index (χ1) is 15.5. The van der Waals surface area contributed by atoms with Crippen LogP contribution in [0.4, 0.5) is 0 Å². The van der Waals surface area contributed by atoms with Crippen molar-refractivity contribution in [3.8, 4) is 0 Å². The van der Waals surface area contributed by atoms with Gasteiger partial charge < -0.3 is 19.9 Å². The van der Waals surface area contributed by atoms with Crippen molar-refractivity contribution in [1.29, 1.82) is 0 Å². The summed E-state index contributed by atoms with van der Waals surface area (Å²) in [7, 11) is 0. The van der Waals surface area contributed by atoms with Gasteiger partial charge in [0.25, 0.3) is 5.91 Å². The SMILES string of the molecule is CCN1C=C(C(=O)N2CCOCC2)C(=O)C2=CC(NC3Cc4ccccc4C3)=NCC21C. The number of hydrogen-bond donors (Lipinski definition) is 1. The maximum atomic E-state index is 13.5. The van der Waals surface area contributed by atoms with E-state index in [0.29, 0.717) is 45.0 Å². The van der Waals surface area contributed by atoms with Gasteiger partial charge in [0.1, 0.15) is 11.4 Å². The lowest BCUT2D eigenvalue weighted by atomic mass is 9.79. The fourth-order valence-electron chi connectivity index (χ4n) is 5.21. The molecule has 1 aromatic carbocycles. The number of nitrogens with one attached hydrogen (secondary N) is 1. The van der Waals surface area contributed by atoms with Crippen molar-refractivity contribution in [2.75, 3.05) is 39.4 Å². The number of fused-ring (bicyclic) bond motifs is 2. The third-order valence-corrected chi connectivity index (χ3v) is 7.10. The number of rotatable bonds is 3. The van der Waals surface area contributed by atoms with E-state index in [2.05, 4.69) is 34.5 Å². The third-order valence-electron chi connectivity index (χ3n) is 7.10. The number of carbonyl (C=O) groups excluding carboxylic acids is 2. The zero-order valence-electron chi connectivity index (χ0n) is 18.8. The van der Waals surface area contributed by atoms with Gasteiger partial charge in [0.15, 0.2) is 5.78 Å². The highest BCUT2D eigenvalue weighted by Gasteiger charge is 2.46. The number of morpholine rings is 1. The quantitative estimate of drug-likeness (QED) is 0.730. The lowest BCUT2D eigenvalue weighted by molar-refractivity contribution is -0.133. The minimum absolute atomic E-state index is 0.183. The van der Waals surface area contributed by atoms with Crippen molar-refractivity contribution < 1.29 is 14.3 Å². The maximum absolute atomic E-state index is 13.5. The number of ketones is 1. The maximum Gasteiger partial charge on any atom is 0.259 e. The summed E-state index contributed by atoms with van der Waals surface area (Å²) in [5, 5.41) is 3.55. The summed E-state index contributed by atoms with van der Waals surface area (Å²) in [6, 6.07) is 8.76. The van der Waals surface area contributed by atoms with Gasteiger partial charge in [-0.05, 0) is 43.9 Å². The number of aliphatic imine (C=N–C) groups is 1. The number of nitrogens with zero attached hydrogens (tertiary/aromatic N) is 3. The van der Waals surface area contributed by atoms with Crippen molar-refractivity contribution in [2.24, 2.45) is 4.99 Å². The fourth-order valence-corrected chi connectivity index (χ4v) is 5.21. The minimum Gasteiger partial charge on any atom is -0.378 e. The molecule has 1 aromatic rings. The van der Waals surface area contributed by atoms with E-state index in [-0.39, 0.29) is 23.3 Å². The van der Waals surface area contributed by atoms with E-state index >= 15 is 0 Å². The Bertz CT molecular complexity index is 1010. The number of benzene rings is 1. The van der Waals surface area contributed by atoms with Gasteiger partial charge in [-0.1, -0.05) is 24.3 Å². The van der Waals surface area contributed by atoms with E-state index in [0.717, 1.165) is 18.7 Å². The highest BCUT2D eigenvalue weighted by Crippen LogP contribution is 2.36. The van der Waals surface area contributed by atoms with Crippen LogP contribution < -0.4 is 5.32 Å². The molecular formula is C25H30N4O3. The van der Waals surface area contributed by atoms with Crippen LogP contribution in [0.2, 0.25) is 0 Å². The van der Waals surface area contributed by atoms with Crippen molar-refractivity contribution in [1.82, 2.24) is 15.1 Å². The number of Topliss-reactive ketones (excluding diaryl/α,β-unsaturated/α-hetero) is 1. The summed E-state index contributed by atoms with van der Waals surface area (Å²) < 4.78 is 5.36. The molecule has 3 aliphatic heterocycles. The summed E-state index contributed by atoms with van der Waals surface area (Å²) in [5.74, 6) is 0.348. The fraction of sp³-hybridized carbons (Fsp3) is 0.480. The second kappa shape index (κ2) is 8.20. The first kappa shape index (κ1) is 20.9. The van der Waals surface area contributed by atoms with Gasteiger partial charge in [0, 0.05) is 37.4 Å². The second-order valence-corrected chi connectivity index (χ2v) is 9.11.